The summed E-state index contributed by atoms with van der Waals surface area (Å²) in [5.74, 6) is -0.865. The highest BCUT2D eigenvalue weighted by Crippen LogP contribution is 2.29. The molecule has 1 fully saturated rings. The van der Waals surface area contributed by atoms with E-state index < -0.39 is 17.8 Å². The maximum absolute atomic E-state index is 12.4. The van der Waals surface area contributed by atoms with Crippen molar-refractivity contribution in [2.75, 3.05) is 25.2 Å². The van der Waals surface area contributed by atoms with Crippen molar-refractivity contribution >= 4 is 23.5 Å². The lowest BCUT2D eigenvalue weighted by atomic mass is 10.1. The number of rotatable bonds is 8. The summed E-state index contributed by atoms with van der Waals surface area (Å²) < 4.78 is 10.2. The Labute approximate surface area is 176 Å². The number of esters is 1. The van der Waals surface area contributed by atoms with Gasteiger partial charge in [0.25, 0.3) is 5.91 Å². The number of hydrogen-bond acceptors (Lipinski definition) is 5. The van der Waals surface area contributed by atoms with Crippen molar-refractivity contribution in [3.63, 3.8) is 0 Å². The summed E-state index contributed by atoms with van der Waals surface area (Å²) >= 11 is 0. The topological polar surface area (TPSA) is 84.9 Å². The lowest BCUT2D eigenvalue weighted by Crippen LogP contribution is -2.31. The van der Waals surface area contributed by atoms with Gasteiger partial charge in [-0.05, 0) is 35.7 Å². The number of para-hydroxylation sites is 1. The highest BCUT2D eigenvalue weighted by atomic mass is 16.5. The molecule has 1 aliphatic heterocycles. The number of ether oxygens (including phenoxy) is 2. The molecule has 2 amide bonds. The van der Waals surface area contributed by atoms with Crippen molar-refractivity contribution < 1.29 is 23.9 Å². The molecule has 1 aliphatic rings. The third kappa shape index (κ3) is 5.17. The molecule has 1 saturated heterocycles. The highest BCUT2D eigenvalue weighted by Gasteiger charge is 2.36. The smallest absolute Gasteiger partial charge is 0.311 e. The minimum absolute atomic E-state index is 0.0876. The van der Waals surface area contributed by atoms with E-state index in [0.29, 0.717) is 6.54 Å². The zero-order valence-corrected chi connectivity index (χ0v) is 17.2. The Hall–Kier alpha value is -3.35. The summed E-state index contributed by atoms with van der Waals surface area (Å²) in [7, 11) is 1.59. The number of hydrogen-bond donors (Lipinski definition) is 1. The van der Waals surface area contributed by atoms with Gasteiger partial charge in [-0.2, -0.15) is 0 Å². The standard InChI is InChI=1S/C23H26N2O5/c1-3-17-6-4-5-7-20(17)25-14-18(12-22(25)27)23(28)30-15-21(26)24-13-16-8-10-19(29-2)11-9-16/h4-11,18H,3,12-15H2,1-2H3,(H,24,26)/t18-/m1/s1. The Balaban J connectivity index is 1.47. The Morgan fingerprint density at radius 2 is 1.87 bits per heavy atom. The maximum Gasteiger partial charge on any atom is 0.311 e. The lowest BCUT2D eigenvalue weighted by molar-refractivity contribution is -0.152. The fourth-order valence-corrected chi connectivity index (χ4v) is 3.42. The molecule has 1 heterocycles. The first kappa shape index (κ1) is 21.4. The van der Waals surface area contributed by atoms with Crippen molar-refractivity contribution in [2.24, 2.45) is 5.92 Å². The molecular formula is C23H26N2O5. The van der Waals surface area contributed by atoms with Crippen LogP contribution in [0.1, 0.15) is 24.5 Å². The van der Waals surface area contributed by atoms with E-state index in [9.17, 15) is 14.4 Å². The number of aryl methyl sites for hydroxylation is 1. The van der Waals surface area contributed by atoms with E-state index in [2.05, 4.69) is 5.32 Å². The molecule has 0 unspecified atom stereocenters. The average molecular weight is 410 g/mol. The number of anilines is 1. The van der Waals surface area contributed by atoms with Crippen molar-refractivity contribution in [2.45, 2.75) is 26.3 Å². The first-order valence-electron chi connectivity index (χ1n) is 9.96. The SMILES string of the molecule is CCc1ccccc1N1C[C@H](C(=O)OCC(=O)NCc2ccc(OC)cc2)CC1=O. The summed E-state index contributed by atoms with van der Waals surface area (Å²) in [6, 6.07) is 15.0. The van der Waals surface area contributed by atoms with Crippen LogP contribution in [0.25, 0.3) is 0 Å². The molecule has 0 bridgehead atoms. The van der Waals surface area contributed by atoms with Crippen LogP contribution >= 0.6 is 0 Å². The molecule has 0 aromatic heterocycles. The molecule has 158 valence electrons. The van der Waals surface area contributed by atoms with Crippen LogP contribution in [-0.4, -0.2) is 38.0 Å². The minimum Gasteiger partial charge on any atom is -0.497 e. The van der Waals surface area contributed by atoms with Crippen LogP contribution < -0.4 is 15.0 Å². The van der Waals surface area contributed by atoms with E-state index in [1.54, 1.807) is 24.1 Å². The second-order valence-electron chi connectivity index (χ2n) is 7.12. The Bertz CT molecular complexity index is 910. The van der Waals surface area contributed by atoms with Crippen LogP contribution in [0, 0.1) is 5.92 Å². The quantitative estimate of drug-likeness (QED) is 0.676. The van der Waals surface area contributed by atoms with Gasteiger partial charge in [-0.25, -0.2) is 0 Å². The zero-order chi connectivity index (χ0) is 21.5. The summed E-state index contributed by atoms with van der Waals surface area (Å²) in [6.45, 7) is 2.24. The van der Waals surface area contributed by atoms with Crippen molar-refractivity contribution in [1.29, 1.82) is 0 Å². The molecule has 1 N–H and O–H groups in total. The number of carbonyl (C=O) groups is 3. The highest BCUT2D eigenvalue weighted by molar-refractivity contribution is 6.00. The fourth-order valence-electron chi connectivity index (χ4n) is 3.42. The summed E-state index contributed by atoms with van der Waals surface area (Å²) in [5, 5.41) is 2.71. The zero-order valence-electron chi connectivity index (χ0n) is 17.2. The van der Waals surface area contributed by atoms with Crippen molar-refractivity contribution in [3.05, 3.63) is 59.7 Å². The van der Waals surface area contributed by atoms with Crippen LogP contribution in [0.15, 0.2) is 48.5 Å². The summed E-state index contributed by atoms with van der Waals surface area (Å²) in [4.78, 5) is 38.4. The summed E-state index contributed by atoms with van der Waals surface area (Å²) in [6.07, 6.45) is 0.883. The van der Waals surface area contributed by atoms with Gasteiger partial charge in [0.05, 0.1) is 13.0 Å². The van der Waals surface area contributed by atoms with Crippen LogP contribution in [0.5, 0.6) is 5.75 Å². The number of methoxy groups -OCH3 is 1. The third-order valence-corrected chi connectivity index (χ3v) is 5.12. The maximum atomic E-state index is 12.4. The van der Waals surface area contributed by atoms with Gasteiger partial charge in [0, 0.05) is 25.2 Å². The van der Waals surface area contributed by atoms with E-state index in [1.807, 2.05) is 43.3 Å². The Kier molecular flexibility index (Phi) is 7.06. The predicted molar refractivity (Wildman–Crippen MR) is 112 cm³/mol. The molecule has 7 nitrogen and oxygen atoms in total. The fraction of sp³-hybridized carbons (Fsp3) is 0.348. The number of nitrogens with one attached hydrogen (secondary N) is 1. The van der Waals surface area contributed by atoms with Gasteiger partial charge in [0.1, 0.15) is 5.75 Å². The average Bonchev–Trinajstić information content (AvgIpc) is 3.17. The molecule has 30 heavy (non-hydrogen) atoms. The molecule has 0 radical (unpaired) electrons. The summed E-state index contributed by atoms with van der Waals surface area (Å²) in [5.41, 5.74) is 2.79. The molecule has 0 saturated carbocycles. The first-order valence-corrected chi connectivity index (χ1v) is 9.96. The van der Waals surface area contributed by atoms with Crippen molar-refractivity contribution in [1.82, 2.24) is 5.32 Å². The van der Waals surface area contributed by atoms with Gasteiger partial charge in [-0.1, -0.05) is 37.3 Å². The third-order valence-electron chi connectivity index (χ3n) is 5.12. The van der Waals surface area contributed by atoms with E-state index in [4.69, 9.17) is 9.47 Å². The lowest BCUT2D eigenvalue weighted by Gasteiger charge is -2.19. The second-order valence-corrected chi connectivity index (χ2v) is 7.12. The molecule has 2 aromatic carbocycles. The Morgan fingerprint density at radius 3 is 2.57 bits per heavy atom. The number of amides is 2. The van der Waals surface area contributed by atoms with E-state index in [1.165, 1.54) is 0 Å². The van der Waals surface area contributed by atoms with Crippen LogP contribution in [0.2, 0.25) is 0 Å². The van der Waals surface area contributed by atoms with Gasteiger partial charge in [-0.15, -0.1) is 0 Å². The van der Waals surface area contributed by atoms with Crippen LogP contribution in [0.3, 0.4) is 0 Å². The largest absolute Gasteiger partial charge is 0.497 e. The monoisotopic (exact) mass is 410 g/mol. The molecule has 2 aromatic rings. The molecule has 3 rings (SSSR count). The van der Waals surface area contributed by atoms with Crippen molar-refractivity contribution in [3.8, 4) is 5.75 Å². The molecular weight excluding hydrogens is 384 g/mol. The van der Waals surface area contributed by atoms with Crippen LogP contribution in [0.4, 0.5) is 5.69 Å². The van der Waals surface area contributed by atoms with Gasteiger partial charge < -0.3 is 19.7 Å². The minimum atomic E-state index is -0.572. The van der Waals surface area contributed by atoms with Gasteiger partial charge in [0.15, 0.2) is 6.61 Å². The Morgan fingerprint density at radius 1 is 1.13 bits per heavy atom. The number of benzene rings is 2. The second kappa shape index (κ2) is 9.91. The number of nitrogens with zero attached hydrogens (tertiary/aromatic N) is 1. The molecule has 1 atom stereocenters. The first-order chi connectivity index (χ1) is 14.5. The van der Waals surface area contributed by atoms with E-state index >= 15 is 0 Å². The van der Waals surface area contributed by atoms with E-state index in [-0.39, 0.29) is 25.5 Å². The normalized spacial score (nSPS) is 15.7. The molecule has 0 spiro atoms. The predicted octanol–water partition coefficient (Wildman–Crippen LogP) is 2.47. The molecule has 7 heteroatoms. The van der Waals surface area contributed by atoms with Crippen LogP contribution in [-0.2, 0) is 32.1 Å². The van der Waals surface area contributed by atoms with E-state index in [0.717, 1.165) is 29.0 Å². The number of carbonyl (C=O) groups excluding carboxylic acids is 3. The van der Waals surface area contributed by atoms with Gasteiger partial charge in [-0.3, -0.25) is 14.4 Å². The van der Waals surface area contributed by atoms with Gasteiger partial charge >= 0.3 is 5.97 Å². The molecule has 0 aliphatic carbocycles. The van der Waals surface area contributed by atoms with Gasteiger partial charge in [0.2, 0.25) is 5.91 Å².